The number of nitrogens with zero attached hydrogens (tertiary/aromatic N) is 3. The maximum Gasteiger partial charge on any atom is 0.238 e. The molecule has 2 saturated heterocycles. The highest BCUT2D eigenvalue weighted by molar-refractivity contribution is 6.31. The second-order valence-corrected chi connectivity index (χ2v) is 8.24. The first-order valence-corrected chi connectivity index (χ1v) is 10.0. The maximum absolute atomic E-state index is 12.4. The van der Waals surface area contributed by atoms with Gasteiger partial charge in [-0.25, -0.2) is 0 Å². The van der Waals surface area contributed by atoms with E-state index < -0.39 is 0 Å². The van der Waals surface area contributed by atoms with Crippen LogP contribution < -0.4 is 0 Å². The first-order chi connectivity index (χ1) is 12.6. The molecule has 4 rings (SSSR count). The molecule has 26 heavy (non-hydrogen) atoms. The minimum Gasteiger partial charge on any atom is -0.343 e. The van der Waals surface area contributed by atoms with Gasteiger partial charge in [0.1, 0.15) is 0 Å². The number of hydrogen-bond donors (Lipinski definition) is 0. The van der Waals surface area contributed by atoms with Crippen molar-refractivity contribution in [3.8, 4) is 0 Å². The van der Waals surface area contributed by atoms with Crippen molar-refractivity contribution in [1.82, 2.24) is 14.7 Å². The van der Waals surface area contributed by atoms with E-state index in [0.717, 1.165) is 37.9 Å². The normalized spacial score (nSPS) is 22.3. The topological polar surface area (TPSA) is 43.9 Å². The Morgan fingerprint density at radius 1 is 1.12 bits per heavy atom. The van der Waals surface area contributed by atoms with Gasteiger partial charge in [-0.3, -0.25) is 14.5 Å². The van der Waals surface area contributed by atoms with E-state index in [4.69, 9.17) is 11.6 Å². The molecule has 1 aliphatic carbocycles. The van der Waals surface area contributed by atoms with Crippen LogP contribution in [0.1, 0.15) is 37.7 Å². The van der Waals surface area contributed by atoms with Crippen molar-refractivity contribution in [2.45, 2.75) is 44.7 Å². The summed E-state index contributed by atoms with van der Waals surface area (Å²) in [7, 11) is 0. The number of benzene rings is 1. The van der Waals surface area contributed by atoms with E-state index >= 15 is 0 Å². The predicted octanol–water partition coefficient (Wildman–Crippen LogP) is 2.73. The van der Waals surface area contributed by atoms with Crippen LogP contribution in [0, 0.1) is 5.92 Å². The number of halogens is 1. The first kappa shape index (κ1) is 17.8. The fourth-order valence-electron chi connectivity index (χ4n) is 4.02. The molecule has 2 heterocycles. The third-order valence-electron chi connectivity index (χ3n) is 5.86. The molecule has 0 radical (unpaired) electrons. The fraction of sp³-hybridized carbons (Fsp3) is 0.600. The molecule has 0 N–H and O–H groups in total. The lowest BCUT2D eigenvalue weighted by Crippen LogP contribution is -2.46. The van der Waals surface area contributed by atoms with Crippen molar-refractivity contribution in [2.75, 3.05) is 26.3 Å². The van der Waals surface area contributed by atoms with E-state index in [1.165, 1.54) is 12.8 Å². The average molecular weight is 376 g/mol. The Morgan fingerprint density at radius 2 is 1.85 bits per heavy atom. The highest BCUT2D eigenvalue weighted by Gasteiger charge is 2.35. The van der Waals surface area contributed by atoms with Gasteiger partial charge >= 0.3 is 0 Å². The minimum atomic E-state index is 0.164. The van der Waals surface area contributed by atoms with Crippen molar-refractivity contribution in [1.29, 1.82) is 0 Å². The molecule has 1 aromatic rings. The Morgan fingerprint density at radius 3 is 2.54 bits per heavy atom. The Bertz CT molecular complexity index is 683. The van der Waals surface area contributed by atoms with Gasteiger partial charge in [-0.2, -0.15) is 0 Å². The molecule has 2 aliphatic heterocycles. The summed E-state index contributed by atoms with van der Waals surface area (Å²) in [5.41, 5.74) is 0.991. The number of hydrogen-bond acceptors (Lipinski definition) is 3. The van der Waals surface area contributed by atoms with E-state index in [9.17, 15) is 9.59 Å². The Balaban J connectivity index is 1.29. The van der Waals surface area contributed by atoms with Gasteiger partial charge in [0.15, 0.2) is 0 Å². The van der Waals surface area contributed by atoms with E-state index in [1.54, 1.807) is 0 Å². The zero-order valence-corrected chi connectivity index (χ0v) is 15.8. The molecule has 1 saturated carbocycles. The summed E-state index contributed by atoms with van der Waals surface area (Å²) in [6.07, 6.45) is 5.10. The monoisotopic (exact) mass is 375 g/mol. The van der Waals surface area contributed by atoms with Crippen LogP contribution >= 0.6 is 11.6 Å². The van der Waals surface area contributed by atoms with Crippen LogP contribution in [0.5, 0.6) is 0 Å². The van der Waals surface area contributed by atoms with Gasteiger partial charge in [0.05, 0.1) is 13.2 Å². The SMILES string of the molecule is O=C(CC1CC1)N1CCC(N2CC(=O)N(Cc3ccccc3Cl)C2)CC1. The number of likely N-dealkylation sites (tertiary alicyclic amines) is 1. The molecule has 6 heteroatoms. The van der Waals surface area contributed by atoms with Crippen LogP contribution in [0.15, 0.2) is 24.3 Å². The summed E-state index contributed by atoms with van der Waals surface area (Å²) in [5.74, 6) is 1.13. The summed E-state index contributed by atoms with van der Waals surface area (Å²) >= 11 is 6.23. The van der Waals surface area contributed by atoms with Gasteiger partial charge in [-0.1, -0.05) is 29.8 Å². The highest BCUT2D eigenvalue weighted by atomic mass is 35.5. The summed E-state index contributed by atoms with van der Waals surface area (Å²) in [4.78, 5) is 30.8. The van der Waals surface area contributed by atoms with Gasteiger partial charge in [0.25, 0.3) is 0 Å². The number of carbonyl (C=O) groups is 2. The largest absolute Gasteiger partial charge is 0.343 e. The van der Waals surface area contributed by atoms with Gasteiger partial charge in [0, 0.05) is 37.1 Å². The lowest BCUT2D eigenvalue weighted by Gasteiger charge is -2.36. The number of carbonyl (C=O) groups excluding carboxylic acids is 2. The Labute approximate surface area is 159 Å². The van der Waals surface area contributed by atoms with Crippen LogP contribution in [0.4, 0.5) is 0 Å². The zero-order valence-electron chi connectivity index (χ0n) is 15.1. The van der Waals surface area contributed by atoms with Crippen LogP contribution in [0.3, 0.4) is 0 Å². The van der Waals surface area contributed by atoms with Crippen LogP contribution in [-0.2, 0) is 16.1 Å². The van der Waals surface area contributed by atoms with Crippen molar-refractivity contribution in [2.24, 2.45) is 5.92 Å². The van der Waals surface area contributed by atoms with Crippen molar-refractivity contribution in [3.05, 3.63) is 34.9 Å². The fourth-order valence-corrected chi connectivity index (χ4v) is 4.21. The van der Waals surface area contributed by atoms with E-state index in [-0.39, 0.29) is 5.91 Å². The smallest absolute Gasteiger partial charge is 0.238 e. The van der Waals surface area contributed by atoms with E-state index in [0.29, 0.717) is 42.6 Å². The Kier molecular flexibility index (Phi) is 5.18. The summed E-state index contributed by atoms with van der Waals surface area (Å²) < 4.78 is 0. The average Bonchev–Trinajstić information content (AvgIpc) is 3.38. The highest BCUT2D eigenvalue weighted by Crippen LogP contribution is 2.33. The summed E-state index contributed by atoms with van der Waals surface area (Å²) in [5, 5.41) is 0.709. The van der Waals surface area contributed by atoms with Gasteiger partial charge in [-0.15, -0.1) is 0 Å². The summed E-state index contributed by atoms with van der Waals surface area (Å²) in [6.45, 7) is 3.35. The van der Waals surface area contributed by atoms with Crippen molar-refractivity contribution in [3.63, 3.8) is 0 Å². The third-order valence-corrected chi connectivity index (χ3v) is 6.22. The van der Waals surface area contributed by atoms with Crippen LogP contribution in [0.25, 0.3) is 0 Å². The van der Waals surface area contributed by atoms with Gasteiger partial charge in [0.2, 0.25) is 11.8 Å². The predicted molar refractivity (Wildman–Crippen MR) is 101 cm³/mol. The van der Waals surface area contributed by atoms with E-state index in [2.05, 4.69) is 4.90 Å². The zero-order chi connectivity index (χ0) is 18.1. The molecular formula is C20H26ClN3O2. The molecule has 3 fully saturated rings. The lowest BCUT2D eigenvalue weighted by molar-refractivity contribution is -0.133. The molecule has 0 unspecified atom stereocenters. The van der Waals surface area contributed by atoms with E-state index in [1.807, 2.05) is 34.1 Å². The number of rotatable bonds is 5. The Hall–Kier alpha value is -1.59. The molecule has 0 bridgehead atoms. The maximum atomic E-state index is 12.4. The second-order valence-electron chi connectivity index (χ2n) is 7.83. The minimum absolute atomic E-state index is 0.164. The molecule has 0 spiro atoms. The molecule has 140 valence electrons. The molecule has 3 aliphatic rings. The summed E-state index contributed by atoms with van der Waals surface area (Å²) in [6, 6.07) is 8.09. The lowest BCUT2D eigenvalue weighted by atomic mass is 10.0. The first-order valence-electron chi connectivity index (χ1n) is 9.63. The van der Waals surface area contributed by atoms with Crippen LogP contribution in [0.2, 0.25) is 5.02 Å². The third kappa shape index (κ3) is 4.04. The van der Waals surface area contributed by atoms with Gasteiger partial charge in [-0.05, 0) is 43.2 Å². The molecular weight excluding hydrogens is 350 g/mol. The number of piperidine rings is 1. The molecule has 0 aromatic heterocycles. The quantitative estimate of drug-likeness (QED) is 0.794. The van der Waals surface area contributed by atoms with Crippen molar-refractivity contribution >= 4 is 23.4 Å². The molecule has 1 aromatic carbocycles. The molecule has 0 atom stereocenters. The standard InChI is InChI=1S/C20H26ClN3O2/c21-18-4-2-1-3-16(18)12-24-14-23(13-20(24)26)17-7-9-22(10-8-17)19(25)11-15-5-6-15/h1-4,15,17H,5-14H2. The van der Waals surface area contributed by atoms with Gasteiger partial charge < -0.3 is 9.80 Å². The molecule has 5 nitrogen and oxygen atoms in total. The second kappa shape index (κ2) is 7.57. The van der Waals surface area contributed by atoms with Crippen LogP contribution in [-0.4, -0.2) is 58.9 Å². The number of amides is 2. The molecule has 2 amide bonds. The van der Waals surface area contributed by atoms with Crippen molar-refractivity contribution < 1.29 is 9.59 Å².